The zero-order valence-corrected chi connectivity index (χ0v) is 22.6. The highest BCUT2D eigenvalue weighted by atomic mass is 79.9. The second-order valence-corrected chi connectivity index (χ2v) is 9.98. The number of benzene rings is 1. The SMILES string of the molecule is CCN(C(=O)c1cc(/C(C=N)=C/Nc2c(Br)cc(C(F)(C(F)(F)F)C(F)(F)F)n2C)ccc1Cl)C1(C#N)CC1. The molecule has 0 spiro atoms. The van der Waals surface area contributed by atoms with Crippen molar-refractivity contribution in [3.8, 4) is 6.07 Å². The lowest BCUT2D eigenvalue weighted by Gasteiger charge is -2.30. The van der Waals surface area contributed by atoms with E-state index in [1.54, 1.807) is 6.92 Å². The molecule has 0 aliphatic heterocycles. The molecule has 1 aliphatic rings. The molecule has 2 N–H and O–H groups in total. The Balaban J connectivity index is 2.00. The minimum Gasteiger partial charge on any atom is -0.346 e. The summed E-state index contributed by atoms with van der Waals surface area (Å²) < 4.78 is 94.3. The molecule has 1 heterocycles. The highest BCUT2D eigenvalue weighted by Gasteiger charge is 2.74. The number of carbonyl (C=O) groups is 1. The number of allylic oxidation sites excluding steroid dienone is 1. The predicted octanol–water partition coefficient (Wildman–Crippen LogP) is 7.35. The van der Waals surface area contributed by atoms with Gasteiger partial charge in [0.25, 0.3) is 5.91 Å². The first-order chi connectivity index (χ1) is 18.0. The minimum absolute atomic E-state index is 0.0326. The highest BCUT2D eigenvalue weighted by Crippen LogP contribution is 2.54. The monoisotopic (exact) mass is 641 g/mol. The molecule has 3 rings (SSSR count). The van der Waals surface area contributed by atoms with Gasteiger partial charge >= 0.3 is 18.0 Å². The number of hydrogen-bond acceptors (Lipinski definition) is 4. The van der Waals surface area contributed by atoms with E-state index < -0.39 is 35.2 Å². The molecule has 15 heteroatoms. The molecule has 0 saturated heterocycles. The number of nitrogens with zero attached hydrogens (tertiary/aromatic N) is 3. The van der Waals surface area contributed by atoms with Crippen molar-refractivity contribution < 1.29 is 35.5 Å². The average molecular weight is 643 g/mol. The number of anilines is 1. The topological polar surface area (TPSA) is 84.9 Å². The fraction of sp³-hybridized carbons (Fsp3) is 0.375. The maximum absolute atomic E-state index is 14.6. The molecule has 1 saturated carbocycles. The lowest BCUT2D eigenvalue weighted by molar-refractivity contribution is -0.350. The number of amides is 1. The first-order valence-corrected chi connectivity index (χ1v) is 12.3. The Labute approximate surface area is 231 Å². The normalized spacial score (nSPS) is 15.5. The van der Waals surface area contributed by atoms with Crippen LogP contribution in [0.2, 0.25) is 5.02 Å². The molecule has 0 bridgehead atoms. The van der Waals surface area contributed by atoms with E-state index in [2.05, 4.69) is 27.3 Å². The van der Waals surface area contributed by atoms with Crippen molar-refractivity contribution in [3.63, 3.8) is 0 Å². The molecule has 1 fully saturated rings. The van der Waals surface area contributed by atoms with Crippen LogP contribution >= 0.6 is 27.5 Å². The van der Waals surface area contributed by atoms with Gasteiger partial charge in [0.15, 0.2) is 0 Å². The molecule has 0 unspecified atom stereocenters. The van der Waals surface area contributed by atoms with Gasteiger partial charge in [0, 0.05) is 31.6 Å². The van der Waals surface area contributed by atoms with E-state index in [1.807, 2.05) is 0 Å². The molecular weight excluding hydrogens is 623 g/mol. The van der Waals surface area contributed by atoms with Crippen molar-refractivity contribution in [1.82, 2.24) is 9.47 Å². The van der Waals surface area contributed by atoms with E-state index in [1.165, 1.54) is 23.1 Å². The lowest BCUT2D eigenvalue weighted by atomic mass is 10.0. The maximum Gasteiger partial charge on any atom is 0.437 e. The van der Waals surface area contributed by atoms with Crippen LogP contribution < -0.4 is 5.32 Å². The predicted molar refractivity (Wildman–Crippen MR) is 134 cm³/mol. The number of hydrogen-bond donors (Lipinski definition) is 2. The molecule has 1 aliphatic carbocycles. The van der Waals surface area contributed by atoms with Gasteiger partial charge in [-0.2, -0.15) is 31.6 Å². The van der Waals surface area contributed by atoms with E-state index >= 15 is 0 Å². The summed E-state index contributed by atoms with van der Waals surface area (Å²) in [7, 11) is 0.813. The van der Waals surface area contributed by atoms with Gasteiger partial charge in [-0.15, -0.1) is 0 Å². The molecule has 2 aromatic rings. The smallest absolute Gasteiger partial charge is 0.346 e. The van der Waals surface area contributed by atoms with Crippen molar-refractivity contribution in [3.05, 3.63) is 56.8 Å². The molecule has 0 atom stereocenters. The van der Waals surface area contributed by atoms with Gasteiger partial charge in [-0.1, -0.05) is 17.7 Å². The molecule has 1 aromatic carbocycles. The number of carbonyl (C=O) groups excluding carboxylic acids is 1. The Morgan fingerprint density at radius 2 is 1.82 bits per heavy atom. The van der Waals surface area contributed by atoms with Crippen molar-refractivity contribution in [1.29, 1.82) is 10.7 Å². The molecular formula is C24H20BrClF7N5O. The van der Waals surface area contributed by atoms with Crippen LogP contribution in [0.1, 0.15) is 41.4 Å². The number of rotatable bonds is 8. The third-order valence-corrected chi connectivity index (χ3v) is 7.31. The van der Waals surface area contributed by atoms with E-state index in [9.17, 15) is 40.8 Å². The van der Waals surface area contributed by atoms with Gasteiger partial charge in [-0.25, -0.2) is 4.39 Å². The first kappa shape index (κ1) is 30.5. The van der Waals surface area contributed by atoms with Crippen LogP contribution in [-0.4, -0.2) is 46.0 Å². The van der Waals surface area contributed by atoms with Crippen molar-refractivity contribution in [2.45, 2.75) is 43.3 Å². The van der Waals surface area contributed by atoms with Gasteiger partial charge in [-0.3, -0.25) is 4.79 Å². The van der Waals surface area contributed by atoms with Crippen LogP contribution in [-0.2, 0) is 12.7 Å². The summed E-state index contributed by atoms with van der Waals surface area (Å²) in [5.41, 5.74) is -7.96. The van der Waals surface area contributed by atoms with Crippen LogP contribution in [0.5, 0.6) is 0 Å². The Bertz CT molecular complexity index is 1360. The standard InChI is InChI=1S/C24H20BrClF7N5O/c1-3-38(21(12-35)6-7-21)20(39)15-8-13(4-5-17(15)26)14(10-34)11-36-19-16(25)9-18(37(19)2)22(27,23(28,29)30)24(31,32)33/h4-5,8-11,34,36H,3,6-7H2,1-2H3/b14-11+,34-10?. The van der Waals surface area contributed by atoms with Crippen LogP contribution in [0.3, 0.4) is 0 Å². The summed E-state index contributed by atoms with van der Waals surface area (Å²) in [5, 5.41) is 19.8. The van der Waals surface area contributed by atoms with E-state index in [0.29, 0.717) is 23.5 Å². The van der Waals surface area contributed by atoms with Gasteiger partial charge in [-0.05, 0) is 59.5 Å². The first-order valence-electron chi connectivity index (χ1n) is 11.2. The number of aromatic nitrogens is 1. The largest absolute Gasteiger partial charge is 0.437 e. The van der Waals surface area contributed by atoms with Gasteiger partial charge in [0.05, 0.1) is 26.8 Å². The number of nitriles is 1. The number of halogens is 9. The molecule has 6 nitrogen and oxygen atoms in total. The quantitative estimate of drug-likeness (QED) is 0.233. The Morgan fingerprint density at radius 1 is 1.23 bits per heavy atom. The molecule has 0 radical (unpaired) electrons. The Kier molecular flexibility index (Phi) is 8.21. The van der Waals surface area contributed by atoms with E-state index in [-0.39, 0.29) is 38.6 Å². The zero-order valence-electron chi connectivity index (χ0n) is 20.2. The number of nitrogens with one attached hydrogen (secondary N) is 2. The van der Waals surface area contributed by atoms with Crippen LogP contribution in [0.4, 0.5) is 36.6 Å². The van der Waals surface area contributed by atoms with E-state index in [0.717, 1.165) is 19.5 Å². The Hall–Kier alpha value is -3.05. The number of alkyl halides is 7. The van der Waals surface area contributed by atoms with Crippen molar-refractivity contribution in [2.24, 2.45) is 7.05 Å². The summed E-state index contributed by atoms with van der Waals surface area (Å²) in [6, 6.07) is 6.67. The fourth-order valence-corrected chi connectivity index (χ4v) is 4.88. The van der Waals surface area contributed by atoms with Crippen LogP contribution in [0.15, 0.2) is 34.9 Å². The minimum atomic E-state index is -6.30. The molecule has 210 valence electrons. The van der Waals surface area contributed by atoms with Gasteiger partial charge < -0.3 is 20.2 Å². The maximum atomic E-state index is 14.6. The summed E-state index contributed by atoms with van der Waals surface area (Å²) in [6.07, 6.45) is -9.67. The molecule has 1 aromatic heterocycles. The zero-order chi connectivity index (χ0) is 29.6. The van der Waals surface area contributed by atoms with Crippen molar-refractivity contribution in [2.75, 3.05) is 11.9 Å². The third kappa shape index (κ3) is 5.26. The lowest BCUT2D eigenvalue weighted by Crippen LogP contribution is -2.51. The third-order valence-electron chi connectivity index (χ3n) is 6.38. The second kappa shape index (κ2) is 10.5. The van der Waals surface area contributed by atoms with E-state index in [4.69, 9.17) is 17.0 Å². The summed E-state index contributed by atoms with van der Waals surface area (Å²) in [5.74, 6) is -0.888. The second-order valence-electron chi connectivity index (χ2n) is 8.71. The molecule has 39 heavy (non-hydrogen) atoms. The van der Waals surface area contributed by atoms with Gasteiger partial charge in [0.2, 0.25) is 0 Å². The van der Waals surface area contributed by atoms with Gasteiger partial charge in [0.1, 0.15) is 11.4 Å². The average Bonchev–Trinajstić information content (AvgIpc) is 3.59. The highest BCUT2D eigenvalue weighted by molar-refractivity contribution is 9.10. The summed E-state index contributed by atoms with van der Waals surface area (Å²) >= 11 is 9.09. The van der Waals surface area contributed by atoms with Crippen LogP contribution in [0.25, 0.3) is 5.57 Å². The summed E-state index contributed by atoms with van der Waals surface area (Å²) in [4.78, 5) is 14.6. The molecule has 1 amide bonds. The van der Waals surface area contributed by atoms with Crippen molar-refractivity contribution >= 4 is 51.0 Å². The summed E-state index contributed by atoms with van der Waals surface area (Å²) in [6.45, 7) is 1.94. The Morgan fingerprint density at radius 3 is 2.28 bits per heavy atom. The fourth-order valence-electron chi connectivity index (χ4n) is 4.08. The van der Waals surface area contributed by atoms with Crippen LogP contribution in [0, 0.1) is 16.7 Å².